The second kappa shape index (κ2) is 6.20. The van der Waals surface area contributed by atoms with Gasteiger partial charge in [0, 0.05) is 17.8 Å². The molecule has 0 atom stereocenters. The third-order valence-electron chi connectivity index (χ3n) is 2.35. The van der Waals surface area contributed by atoms with Gasteiger partial charge in [-0.2, -0.15) is 0 Å². The molecule has 0 saturated carbocycles. The van der Waals surface area contributed by atoms with Crippen LogP contribution in [0.2, 0.25) is 5.15 Å². The highest BCUT2D eigenvalue weighted by molar-refractivity contribution is 6.30. The molecule has 0 bridgehead atoms. The molecule has 0 spiro atoms. The third-order valence-corrected chi connectivity index (χ3v) is 2.69. The van der Waals surface area contributed by atoms with Crippen LogP contribution < -0.4 is 0 Å². The first-order valence-corrected chi connectivity index (χ1v) is 6.03. The molecule has 98 valence electrons. The van der Waals surface area contributed by atoms with Gasteiger partial charge in [-0.1, -0.05) is 17.7 Å². The van der Waals surface area contributed by atoms with Crippen molar-refractivity contribution in [2.24, 2.45) is 0 Å². The van der Waals surface area contributed by atoms with Crippen LogP contribution in [0.1, 0.15) is 17.1 Å². The standard InChI is InChI=1S/C14H12ClNO3/c1-10-4-5-12(19-10)6-7-13(17)18-9-11-3-2-8-16-14(11)15/h2-8H,9H2,1H3. The summed E-state index contributed by atoms with van der Waals surface area (Å²) in [5, 5.41) is 0.334. The second-order valence-corrected chi connectivity index (χ2v) is 4.20. The molecule has 0 N–H and O–H groups in total. The average Bonchev–Trinajstić information content (AvgIpc) is 2.81. The second-order valence-electron chi connectivity index (χ2n) is 3.84. The van der Waals surface area contributed by atoms with E-state index in [0.29, 0.717) is 16.5 Å². The Labute approximate surface area is 115 Å². The summed E-state index contributed by atoms with van der Waals surface area (Å²) in [7, 11) is 0. The summed E-state index contributed by atoms with van der Waals surface area (Å²) < 4.78 is 10.3. The molecule has 0 unspecified atom stereocenters. The molecule has 0 aliphatic rings. The molecule has 2 aromatic rings. The summed E-state index contributed by atoms with van der Waals surface area (Å²) in [5.41, 5.74) is 0.666. The fourth-order valence-corrected chi connectivity index (χ4v) is 1.59. The maximum absolute atomic E-state index is 11.5. The molecule has 0 aromatic carbocycles. The van der Waals surface area contributed by atoms with Gasteiger partial charge in [0.05, 0.1) is 0 Å². The number of halogens is 1. The van der Waals surface area contributed by atoms with Crippen LogP contribution in [0.5, 0.6) is 0 Å². The molecule has 0 aliphatic heterocycles. The molecular formula is C14H12ClNO3. The minimum Gasteiger partial charge on any atom is -0.462 e. The summed E-state index contributed by atoms with van der Waals surface area (Å²) in [6.45, 7) is 1.92. The Bertz CT molecular complexity index is 604. The number of ether oxygens (including phenoxy) is 1. The number of rotatable bonds is 4. The highest BCUT2D eigenvalue weighted by Gasteiger charge is 2.03. The summed E-state index contributed by atoms with van der Waals surface area (Å²) in [6, 6.07) is 7.08. The lowest BCUT2D eigenvalue weighted by Crippen LogP contribution is -2.01. The summed E-state index contributed by atoms with van der Waals surface area (Å²) in [5.74, 6) is 0.929. The minimum atomic E-state index is -0.464. The van der Waals surface area contributed by atoms with Crippen LogP contribution >= 0.6 is 11.6 Å². The van der Waals surface area contributed by atoms with Gasteiger partial charge in [-0.25, -0.2) is 9.78 Å². The molecule has 0 saturated heterocycles. The van der Waals surface area contributed by atoms with Crippen molar-refractivity contribution in [3.05, 3.63) is 58.8 Å². The molecule has 4 nitrogen and oxygen atoms in total. The first-order valence-electron chi connectivity index (χ1n) is 5.66. The van der Waals surface area contributed by atoms with Crippen molar-refractivity contribution >= 4 is 23.6 Å². The molecule has 19 heavy (non-hydrogen) atoms. The van der Waals surface area contributed by atoms with E-state index in [1.54, 1.807) is 30.5 Å². The lowest BCUT2D eigenvalue weighted by atomic mass is 10.3. The number of esters is 1. The van der Waals surface area contributed by atoms with Crippen LogP contribution in [0.15, 0.2) is 41.0 Å². The van der Waals surface area contributed by atoms with E-state index in [0.717, 1.165) is 5.76 Å². The van der Waals surface area contributed by atoms with Crippen LogP contribution in [0.25, 0.3) is 6.08 Å². The first kappa shape index (κ1) is 13.4. The zero-order valence-corrected chi connectivity index (χ0v) is 11.1. The van der Waals surface area contributed by atoms with Gasteiger partial charge >= 0.3 is 5.97 Å². The lowest BCUT2D eigenvalue weighted by molar-refractivity contribution is -0.138. The molecule has 0 aliphatic carbocycles. The maximum atomic E-state index is 11.5. The molecule has 2 rings (SSSR count). The van der Waals surface area contributed by atoms with Gasteiger partial charge < -0.3 is 9.15 Å². The van der Waals surface area contributed by atoms with Crippen molar-refractivity contribution in [2.75, 3.05) is 0 Å². The van der Waals surface area contributed by atoms with Crippen LogP contribution in [0, 0.1) is 6.92 Å². The van der Waals surface area contributed by atoms with Crippen molar-refractivity contribution in [1.29, 1.82) is 0 Å². The van der Waals surface area contributed by atoms with Gasteiger partial charge in [-0.15, -0.1) is 0 Å². The van der Waals surface area contributed by atoms with Crippen molar-refractivity contribution in [2.45, 2.75) is 13.5 Å². The summed E-state index contributed by atoms with van der Waals surface area (Å²) in [4.78, 5) is 15.4. The zero-order chi connectivity index (χ0) is 13.7. The van der Waals surface area contributed by atoms with Gasteiger partial charge in [-0.3, -0.25) is 0 Å². The molecule has 5 heteroatoms. The van der Waals surface area contributed by atoms with E-state index in [1.165, 1.54) is 6.08 Å². The number of furan rings is 1. The predicted octanol–water partition coefficient (Wildman–Crippen LogP) is 3.39. The number of carbonyl (C=O) groups is 1. The highest BCUT2D eigenvalue weighted by atomic mass is 35.5. The fourth-order valence-electron chi connectivity index (χ4n) is 1.42. The maximum Gasteiger partial charge on any atom is 0.331 e. The van der Waals surface area contributed by atoms with Crippen LogP contribution in [0.4, 0.5) is 0 Å². The smallest absolute Gasteiger partial charge is 0.331 e. The number of aryl methyl sites for hydroxylation is 1. The van der Waals surface area contributed by atoms with Gasteiger partial charge in [0.15, 0.2) is 0 Å². The number of pyridine rings is 1. The van der Waals surface area contributed by atoms with E-state index >= 15 is 0 Å². The van der Waals surface area contributed by atoms with Crippen molar-refractivity contribution < 1.29 is 13.9 Å². The Morgan fingerprint density at radius 3 is 3.00 bits per heavy atom. The van der Waals surface area contributed by atoms with E-state index in [1.807, 2.05) is 13.0 Å². The monoisotopic (exact) mass is 277 g/mol. The quantitative estimate of drug-likeness (QED) is 0.488. The number of hydrogen-bond acceptors (Lipinski definition) is 4. The molecule has 0 amide bonds. The fraction of sp³-hybridized carbons (Fsp3) is 0.143. The summed E-state index contributed by atoms with van der Waals surface area (Å²) in [6.07, 6.45) is 4.44. The Kier molecular flexibility index (Phi) is 4.36. The van der Waals surface area contributed by atoms with Crippen molar-refractivity contribution in [3.8, 4) is 0 Å². The average molecular weight is 278 g/mol. The largest absolute Gasteiger partial charge is 0.462 e. The Morgan fingerprint density at radius 2 is 2.32 bits per heavy atom. The van der Waals surface area contributed by atoms with Gasteiger partial charge in [0.1, 0.15) is 23.3 Å². The molecule has 2 heterocycles. The van der Waals surface area contributed by atoms with Crippen LogP contribution in [0.3, 0.4) is 0 Å². The van der Waals surface area contributed by atoms with Gasteiger partial charge in [0.25, 0.3) is 0 Å². The van der Waals surface area contributed by atoms with E-state index in [9.17, 15) is 4.79 Å². The predicted molar refractivity (Wildman–Crippen MR) is 71.5 cm³/mol. The number of nitrogens with zero attached hydrogens (tertiary/aromatic N) is 1. The van der Waals surface area contributed by atoms with Gasteiger partial charge in [-0.05, 0) is 31.2 Å². The number of aromatic nitrogens is 1. The highest BCUT2D eigenvalue weighted by Crippen LogP contribution is 2.13. The summed E-state index contributed by atoms with van der Waals surface area (Å²) >= 11 is 5.85. The Morgan fingerprint density at radius 1 is 1.47 bits per heavy atom. The van der Waals surface area contributed by atoms with Crippen LogP contribution in [-0.4, -0.2) is 11.0 Å². The zero-order valence-electron chi connectivity index (χ0n) is 10.3. The Hall–Kier alpha value is -2.07. The molecule has 0 fully saturated rings. The van der Waals surface area contributed by atoms with Crippen molar-refractivity contribution in [3.63, 3.8) is 0 Å². The SMILES string of the molecule is Cc1ccc(C=CC(=O)OCc2cccnc2Cl)o1. The number of hydrogen-bond donors (Lipinski definition) is 0. The topological polar surface area (TPSA) is 52.3 Å². The van der Waals surface area contributed by atoms with E-state index in [-0.39, 0.29) is 6.61 Å². The molecule has 2 aromatic heterocycles. The Balaban J connectivity index is 1.88. The van der Waals surface area contributed by atoms with Gasteiger partial charge in [0.2, 0.25) is 0 Å². The molecule has 0 radical (unpaired) electrons. The van der Waals surface area contributed by atoms with Crippen molar-refractivity contribution in [1.82, 2.24) is 4.98 Å². The molecular weight excluding hydrogens is 266 g/mol. The third kappa shape index (κ3) is 3.96. The van der Waals surface area contributed by atoms with E-state index in [2.05, 4.69) is 4.98 Å². The minimum absolute atomic E-state index is 0.0903. The van der Waals surface area contributed by atoms with E-state index < -0.39 is 5.97 Å². The van der Waals surface area contributed by atoms with E-state index in [4.69, 9.17) is 20.8 Å². The first-order chi connectivity index (χ1) is 9.15. The lowest BCUT2D eigenvalue weighted by Gasteiger charge is -2.02. The number of carbonyl (C=O) groups excluding carboxylic acids is 1. The normalized spacial score (nSPS) is 10.8. The van der Waals surface area contributed by atoms with Crippen LogP contribution in [-0.2, 0) is 16.1 Å².